The number of H-pyrrole nitrogens is 1. The Balaban J connectivity index is 2.16. The van der Waals surface area contributed by atoms with Gasteiger partial charge in [0.15, 0.2) is 0 Å². The first-order valence-corrected chi connectivity index (χ1v) is 9.12. The van der Waals surface area contributed by atoms with E-state index in [9.17, 15) is 8.42 Å². The van der Waals surface area contributed by atoms with Crippen LogP contribution in [0.25, 0.3) is 10.9 Å². The topological polar surface area (TPSA) is 49.9 Å². The summed E-state index contributed by atoms with van der Waals surface area (Å²) in [6.45, 7) is 8.14. The van der Waals surface area contributed by atoms with Crippen molar-refractivity contribution in [2.45, 2.75) is 42.9 Å². The maximum Gasteiger partial charge on any atom is 0.208 e. The van der Waals surface area contributed by atoms with E-state index in [-0.39, 0.29) is 5.41 Å². The van der Waals surface area contributed by atoms with E-state index in [0.717, 1.165) is 16.5 Å². The molecule has 0 saturated heterocycles. The van der Waals surface area contributed by atoms with Gasteiger partial charge in [-0.1, -0.05) is 51.1 Å². The molecule has 2 aromatic carbocycles. The van der Waals surface area contributed by atoms with Gasteiger partial charge >= 0.3 is 0 Å². The monoisotopic (exact) mass is 327 g/mol. The number of benzene rings is 2. The Kier molecular flexibility index (Phi) is 3.60. The number of fused-ring (bicyclic) bond motifs is 1. The molecule has 0 aliphatic heterocycles. The fourth-order valence-electron chi connectivity index (χ4n) is 2.85. The highest BCUT2D eigenvalue weighted by atomic mass is 32.2. The molecule has 0 unspecified atom stereocenters. The summed E-state index contributed by atoms with van der Waals surface area (Å²) in [5.41, 5.74) is 2.63. The van der Waals surface area contributed by atoms with Crippen LogP contribution in [-0.4, -0.2) is 13.4 Å². The summed E-state index contributed by atoms with van der Waals surface area (Å²) in [5, 5.41) is 0.741. The number of aromatic nitrogens is 1. The molecule has 1 aromatic heterocycles. The van der Waals surface area contributed by atoms with Gasteiger partial charge in [-0.15, -0.1) is 0 Å². The lowest BCUT2D eigenvalue weighted by Gasteiger charge is -2.19. The van der Waals surface area contributed by atoms with Gasteiger partial charge in [0, 0.05) is 16.6 Å². The lowest BCUT2D eigenvalue weighted by atomic mass is 9.87. The second-order valence-electron chi connectivity index (χ2n) is 6.90. The van der Waals surface area contributed by atoms with Crippen LogP contribution in [0.15, 0.2) is 58.3 Å². The Labute approximate surface area is 137 Å². The zero-order valence-corrected chi connectivity index (χ0v) is 14.7. The number of nitrogens with one attached hydrogen (secondary N) is 1. The molecular formula is C19H21NO2S. The highest BCUT2D eigenvalue weighted by Crippen LogP contribution is 2.32. The normalized spacial score (nSPS) is 12.7. The molecule has 0 amide bonds. The van der Waals surface area contributed by atoms with Gasteiger partial charge in [-0.25, -0.2) is 8.42 Å². The zero-order chi connectivity index (χ0) is 16.8. The summed E-state index contributed by atoms with van der Waals surface area (Å²) in [6.07, 6.45) is 0. The van der Waals surface area contributed by atoms with Crippen LogP contribution in [0.4, 0.5) is 0 Å². The number of aromatic amines is 1. The molecule has 120 valence electrons. The van der Waals surface area contributed by atoms with Crippen molar-refractivity contribution in [1.82, 2.24) is 4.98 Å². The quantitative estimate of drug-likeness (QED) is 0.747. The minimum Gasteiger partial charge on any atom is -0.358 e. The molecule has 23 heavy (non-hydrogen) atoms. The Morgan fingerprint density at radius 3 is 2.13 bits per heavy atom. The highest BCUT2D eigenvalue weighted by molar-refractivity contribution is 7.91. The second-order valence-corrected chi connectivity index (χ2v) is 8.79. The molecule has 3 rings (SSSR count). The summed E-state index contributed by atoms with van der Waals surface area (Å²) < 4.78 is 26.1. The van der Waals surface area contributed by atoms with Gasteiger partial charge in [-0.05, 0) is 36.1 Å². The summed E-state index contributed by atoms with van der Waals surface area (Å²) in [6, 6.07) is 14.7. The van der Waals surface area contributed by atoms with Crippen LogP contribution in [0.3, 0.4) is 0 Å². The Bertz CT molecular complexity index is 959. The van der Waals surface area contributed by atoms with Crippen molar-refractivity contribution in [3.63, 3.8) is 0 Å². The van der Waals surface area contributed by atoms with Crippen molar-refractivity contribution in [3.8, 4) is 0 Å². The summed E-state index contributed by atoms with van der Waals surface area (Å²) in [5.74, 6) is 0. The van der Waals surface area contributed by atoms with Crippen molar-refractivity contribution in [2.75, 3.05) is 0 Å². The molecule has 0 spiro atoms. The third-order valence-corrected chi connectivity index (χ3v) is 6.09. The van der Waals surface area contributed by atoms with E-state index in [0.29, 0.717) is 15.5 Å². The molecule has 3 aromatic rings. The first-order chi connectivity index (χ1) is 10.7. The van der Waals surface area contributed by atoms with Crippen LogP contribution >= 0.6 is 0 Å². The number of sulfone groups is 1. The highest BCUT2D eigenvalue weighted by Gasteiger charge is 2.25. The summed E-state index contributed by atoms with van der Waals surface area (Å²) in [4.78, 5) is 3.86. The van der Waals surface area contributed by atoms with Crippen molar-refractivity contribution in [3.05, 3.63) is 59.8 Å². The van der Waals surface area contributed by atoms with E-state index in [1.807, 2.05) is 36.4 Å². The number of rotatable bonds is 2. The molecule has 0 aliphatic carbocycles. The second kappa shape index (κ2) is 5.24. The first-order valence-electron chi connectivity index (χ1n) is 7.64. The Morgan fingerprint density at radius 2 is 1.52 bits per heavy atom. The van der Waals surface area contributed by atoms with Crippen LogP contribution in [0.1, 0.15) is 32.0 Å². The Morgan fingerprint density at radius 1 is 0.913 bits per heavy atom. The maximum absolute atomic E-state index is 13.1. The predicted octanol–water partition coefficient (Wildman–Crippen LogP) is 4.61. The van der Waals surface area contributed by atoms with Crippen LogP contribution in [0, 0.1) is 6.92 Å². The number of para-hydroxylation sites is 1. The molecule has 0 aliphatic rings. The summed E-state index contributed by atoms with van der Waals surface area (Å²) >= 11 is 0. The molecule has 0 radical (unpaired) electrons. The lowest BCUT2D eigenvalue weighted by molar-refractivity contribution is 0.586. The average molecular weight is 327 g/mol. The molecule has 0 fully saturated rings. The van der Waals surface area contributed by atoms with Crippen molar-refractivity contribution in [1.29, 1.82) is 0 Å². The Hall–Kier alpha value is -2.07. The molecule has 0 atom stereocenters. The molecule has 4 heteroatoms. The average Bonchev–Trinajstić information content (AvgIpc) is 2.83. The van der Waals surface area contributed by atoms with E-state index in [1.54, 1.807) is 19.1 Å². The van der Waals surface area contributed by atoms with E-state index < -0.39 is 9.84 Å². The first kappa shape index (κ1) is 15.8. The molecule has 1 N–H and O–H groups in total. The van der Waals surface area contributed by atoms with E-state index >= 15 is 0 Å². The zero-order valence-electron chi connectivity index (χ0n) is 13.8. The van der Waals surface area contributed by atoms with Crippen molar-refractivity contribution in [2.24, 2.45) is 0 Å². The van der Waals surface area contributed by atoms with E-state index in [4.69, 9.17) is 0 Å². The van der Waals surface area contributed by atoms with Gasteiger partial charge < -0.3 is 4.98 Å². The minimum absolute atomic E-state index is 0.00100. The maximum atomic E-state index is 13.1. The number of hydrogen-bond donors (Lipinski definition) is 1. The van der Waals surface area contributed by atoms with Gasteiger partial charge in [0.2, 0.25) is 9.84 Å². The smallest absolute Gasteiger partial charge is 0.208 e. The largest absolute Gasteiger partial charge is 0.358 e. The van der Waals surface area contributed by atoms with Crippen LogP contribution in [0.5, 0.6) is 0 Å². The standard InChI is InChI=1S/C19H21NO2S/c1-13-18(16-7-5-6-8-17(16)20-13)23(21,22)15-11-9-14(10-12-15)19(2,3)4/h5-12,20H,1-4H3. The number of aryl methyl sites for hydroxylation is 1. The minimum atomic E-state index is -3.55. The fraction of sp³-hybridized carbons (Fsp3) is 0.263. The van der Waals surface area contributed by atoms with Gasteiger partial charge in [0.25, 0.3) is 0 Å². The predicted molar refractivity (Wildman–Crippen MR) is 93.6 cm³/mol. The van der Waals surface area contributed by atoms with Gasteiger partial charge in [0.05, 0.1) is 9.79 Å². The van der Waals surface area contributed by atoms with Crippen LogP contribution < -0.4 is 0 Å². The van der Waals surface area contributed by atoms with Crippen molar-refractivity contribution < 1.29 is 8.42 Å². The van der Waals surface area contributed by atoms with E-state index in [1.165, 1.54) is 0 Å². The fourth-order valence-corrected chi connectivity index (χ4v) is 4.50. The molecule has 0 saturated carbocycles. The van der Waals surface area contributed by atoms with E-state index in [2.05, 4.69) is 25.8 Å². The third kappa shape index (κ3) is 2.68. The SMILES string of the molecule is Cc1[nH]c2ccccc2c1S(=O)(=O)c1ccc(C(C)(C)C)cc1. The van der Waals surface area contributed by atoms with Gasteiger partial charge in [0.1, 0.15) is 0 Å². The number of hydrogen-bond acceptors (Lipinski definition) is 2. The summed E-state index contributed by atoms with van der Waals surface area (Å²) in [7, 11) is -3.55. The van der Waals surface area contributed by atoms with Crippen LogP contribution in [0.2, 0.25) is 0 Å². The van der Waals surface area contributed by atoms with Crippen LogP contribution in [-0.2, 0) is 15.3 Å². The van der Waals surface area contributed by atoms with Gasteiger partial charge in [-0.2, -0.15) is 0 Å². The third-order valence-electron chi connectivity index (χ3n) is 4.13. The van der Waals surface area contributed by atoms with Gasteiger partial charge in [-0.3, -0.25) is 0 Å². The molecule has 1 heterocycles. The molecular weight excluding hydrogens is 306 g/mol. The van der Waals surface area contributed by atoms with Crippen molar-refractivity contribution >= 4 is 20.7 Å². The molecule has 3 nitrogen and oxygen atoms in total. The lowest BCUT2D eigenvalue weighted by Crippen LogP contribution is -2.11. The molecule has 0 bridgehead atoms.